The molecule has 7 heteroatoms. The monoisotopic (exact) mass is 243 g/mol. The summed E-state index contributed by atoms with van der Waals surface area (Å²) in [5.41, 5.74) is 9.56. The number of methoxy groups -OCH3 is 1. The van der Waals surface area contributed by atoms with Crippen LogP contribution in [-0.4, -0.2) is 39.1 Å². The van der Waals surface area contributed by atoms with Crippen LogP contribution in [0, 0.1) is 0 Å². The lowest BCUT2D eigenvalue weighted by Crippen LogP contribution is -2.08. The van der Waals surface area contributed by atoms with Gasteiger partial charge < -0.3 is 10.3 Å². The molecule has 0 saturated heterocycles. The Balaban J connectivity index is 2.59. The zero-order chi connectivity index (χ0) is 13.0. The van der Waals surface area contributed by atoms with E-state index in [0.29, 0.717) is 5.69 Å². The van der Waals surface area contributed by atoms with E-state index in [-0.39, 0.29) is 11.4 Å². The van der Waals surface area contributed by atoms with E-state index in [1.807, 2.05) is 18.2 Å². The second-order valence-corrected chi connectivity index (χ2v) is 3.31. The van der Waals surface area contributed by atoms with Gasteiger partial charge in [0, 0.05) is 0 Å². The fraction of sp³-hybridized carbons (Fsp3) is 0.0909. The van der Waals surface area contributed by atoms with Gasteiger partial charge in [0.1, 0.15) is 0 Å². The molecule has 0 aliphatic carbocycles. The molecule has 2 rings (SSSR count). The predicted octanol–water partition coefficient (Wildman–Crippen LogP) is 0.703. The number of carbonyl (C=O) groups excluding carboxylic acids is 1. The molecule has 0 saturated carbocycles. The van der Waals surface area contributed by atoms with E-state index in [2.05, 4.69) is 19.8 Å². The minimum Gasteiger partial charge on any atom is -0.464 e. The Labute approximate surface area is 102 Å². The average Bonchev–Trinajstić information content (AvgIpc) is 2.83. The molecule has 1 aromatic carbocycles. The summed E-state index contributed by atoms with van der Waals surface area (Å²) in [6.45, 7) is 0. The van der Waals surface area contributed by atoms with Crippen LogP contribution in [0.25, 0.3) is 11.2 Å². The Kier molecular flexibility index (Phi) is 3.26. The lowest BCUT2D eigenvalue weighted by molar-refractivity contribution is 0.00393. The molecule has 0 aliphatic heterocycles. The van der Waals surface area contributed by atoms with E-state index in [4.69, 9.17) is 5.53 Å². The maximum absolute atomic E-state index is 11.5. The number of benzene rings is 1. The number of esters is 1. The first-order valence-corrected chi connectivity index (χ1v) is 5.04. The van der Waals surface area contributed by atoms with E-state index in [1.165, 1.54) is 11.8 Å². The summed E-state index contributed by atoms with van der Waals surface area (Å²) in [6.07, 6.45) is 1.08. The van der Waals surface area contributed by atoms with Gasteiger partial charge in [0.25, 0.3) is 0 Å². The highest BCUT2D eigenvalue weighted by Crippen LogP contribution is 2.11. The SMILES string of the molecule is COC(=O)c1nnn(-c2ccccc2)c1C=[N+]=[N-]. The standard InChI is InChI=1S/C11H9N5O2/c1-18-11(17)10-9(7-13-12)16(15-14-10)8-5-3-2-4-6-8/h2-7H,1H3. The Morgan fingerprint density at radius 3 is 2.78 bits per heavy atom. The highest BCUT2D eigenvalue weighted by atomic mass is 16.5. The van der Waals surface area contributed by atoms with Crippen molar-refractivity contribution in [2.24, 2.45) is 0 Å². The van der Waals surface area contributed by atoms with Crippen molar-refractivity contribution in [2.75, 3.05) is 7.11 Å². The smallest absolute Gasteiger partial charge is 0.361 e. The Morgan fingerprint density at radius 1 is 1.44 bits per heavy atom. The summed E-state index contributed by atoms with van der Waals surface area (Å²) in [5, 5.41) is 7.56. The van der Waals surface area contributed by atoms with E-state index in [9.17, 15) is 4.79 Å². The van der Waals surface area contributed by atoms with Gasteiger partial charge in [-0.1, -0.05) is 23.4 Å². The van der Waals surface area contributed by atoms with Crippen molar-refractivity contribution in [1.82, 2.24) is 15.0 Å². The van der Waals surface area contributed by atoms with Gasteiger partial charge in [0.15, 0.2) is 5.69 Å². The van der Waals surface area contributed by atoms with Gasteiger partial charge in [-0.2, -0.15) is 4.79 Å². The van der Waals surface area contributed by atoms with Crippen molar-refractivity contribution in [1.29, 1.82) is 0 Å². The molecule has 18 heavy (non-hydrogen) atoms. The molecular formula is C11H9N5O2. The van der Waals surface area contributed by atoms with Crippen LogP contribution in [0.5, 0.6) is 0 Å². The molecule has 2 aromatic rings. The molecule has 1 aromatic heterocycles. The summed E-state index contributed by atoms with van der Waals surface area (Å²) >= 11 is 0. The number of ether oxygens (including phenoxy) is 1. The third-order valence-electron chi connectivity index (χ3n) is 2.26. The van der Waals surface area contributed by atoms with E-state index in [1.54, 1.807) is 12.1 Å². The maximum atomic E-state index is 11.5. The summed E-state index contributed by atoms with van der Waals surface area (Å²) in [6, 6.07) is 9.04. The number of aromatic nitrogens is 3. The first-order valence-electron chi connectivity index (χ1n) is 5.04. The first-order chi connectivity index (χ1) is 8.77. The summed E-state index contributed by atoms with van der Waals surface area (Å²) in [5.74, 6) is -0.646. The van der Waals surface area contributed by atoms with Gasteiger partial charge in [0.05, 0.1) is 12.8 Å². The van der Waals surface area contributed by atoms with Crippen LogP contribution in [0.4, 0.5) is 0 Å². The van der Waals surface area contributed by atoms with Gasteiger partial charge in [-0.15, -0.1) is 5.10 Å². The van der Waals surface area contributed by atoms with Crippen molar-refractivity contribution in [3.63, 3.8) is 0 Å². The van der Waals surface area contributed by atoms with Crippen molar-refractivity contribution in [3.05, 3.63) is 47.3 Å². The topological polar surface area (TPSA) is 93.4 Å². The lowest BCUT2D eigenvalue weighted by Gasteiger charge is -2.00. The van der Waals surface area contributed by atoms with Crippen LogP contribution in [0.2, 0.25) is 0 Å². The lowest BCUT2D eigenvalue weighted by atomic mass is 10.3. The third-order valence-corrected chi connectivity index (χ3v) is 2.26. The van der Waals surface area contributed by atoms with E-state index in [0.717, 1.165) is 6.21 Å². The molecule has 0 N–H and O–H groups in total. The molecule has 0 amide bonds. The van der Waals surface area contributed by atoms with Crippen LogP contribution >= 0.6 is 0 Å². The Morgan fingerprint density at radius 2 is 2.17 bits per heavy atom. The second-order valence-electron chi connectivity index (χ2n) is 3.31. The molecule has 0 fully saturated rings. The van der Waals surface area contributed by atoms with Crippen molar-refractivity contribution in [3.8, 4) is 5.69 Å². The first kappa shape index (κ1) is 11.7. The molecule has 90 valence electrons. The number of para-hydroxylation sites is 1. The van der Waals surface area contributed by atoms with Gasteiger partial charge in [-0.05, 0) is 12.1 Å². The number of nitrogens with zero attached hydrogens (tertiary/aromatic N) is 5. The number of hydrogen-bond acceptors (Lipinski definition) is 4. The van der Waals surface area contributed by atoms with Gasteiger partial charge >= 0.3 is 12.2 Å². The molecule has 0 atom stereocenters. The molecule has 0 aliphatic rings. The number of hydrogen-bond donors (Lipinski definition) is 0. The highest BCUT2D eigenvalue weighted by Gasteiger charge is 2.22. The number of carbonyl (C=O) groups is 1. The Bertz CT molecular complexity index is 614. The third kappa shape index (κ3) is 2.02. The van der Waals surface area contributed by atoms with Crippen LogP contribution in [-0.2, 0) is 4.74 Å². The maximum Gasteiger partial charge on any atom is 0.361 e. The minimum absolute atomic E-state index is 0.0147. The van der Waals surface area contributed by atoms with Crippen molar-refractivity contribution >= 4 is 12.2 Å². The summed E-state index contributed by atoms with van der Waals surface area (Å²) < 4.78 is 5.96. The zero-order valence-corrected chi connectivity index (χ0v) is 9.52. The molecule has 0 radical (unpaired) electrons. The second kappa shape index (κ2) is 5.03. The molecule has 7 nitrogen and oxygen atoms in total. The fourth-order valence-corrected chi connectivity index (χ4v) is 1.46. The van der Waals surface area contributed by atoms with Crippen LogP contribution in [0.1, 0.15) is 16.2 Å². The predicted molar refractivity (Wildman–Crippen MR) is 61.5 cm³/mol. The summed E-state index contributed by atoms with van der Waals surface area (Å²) in [7, 11) is 1.24. The normalized spacial score (nSPS) is 9.61. The molecule has 0 spiro atoms. The fourth-order valence-electron chi connectivity index (χ4n) is 1.46. The van der Waals surface area contributed by atoms with E-state index >= 15 is 0 Å². The Hall–Kier alpha value is -2.79. The van der Waals surface area contributed by atoms with Crippen LogP contribution in [0.15, 0.2) is 30.3 Å². The molecule has 0 bridgehead atoms. The van der Waals surface area contributed by atoms with Gasteiger partial charge in [-0.3, -0.25) is 0 Å². The molecule has 0 unspecified atom stereocenters. The molecule has 1 heterocycles. The largest absolute Gasteiger partial charge is 0.464 e. The van der Waals surface area contributed by atoms with Crippen LogP contribution in [0.3, 0.4) is 0 Å². The van der Waals surface area contributed by atoms with Gasteiger partial charge in [0.2, 0.25) is 5.69 Å². The molecular weight excluding hydrogens is 234 g/mol. The quantitative estimate of drug-likeness (QED) is 0.343. The van der Waals surface area contributed by atoms with E-state index < -0.39 is 5.97 Å². The minimum atomic E-state index is -0.646. The zero-order valence-electron chi connectivity index (χ0n) is 9.52. The highest BCUT2D eigenvalue weighted by molar-refractivity contribution is 5.95. The average molecular weight is 243 g/mol. The van der Waals surface area contributed by atoms with Crippen molar-refractivity contribution in [2.45, 2.75) is 0 Å². The van der Waals surface area contributed by atoms with Gasteiger partial charge in [-0.25, -0.2) is 9.48 Å². The van der Waals surface area contributed by atoms with Crippen LogP contribution < -0.4 is 0 Å². The summed E-state index contributed by atoms with van der Waals surface area (Å²) in [4.78, 5) is 14.4. The number of rotatable bonds is 3. The van der Waals surface area contributed by atoms with Crippen molar-refractivity contribution < 1.29 is 14.3 Å².